The Balaban J connectivity index is 1.98. The molecule has 2 N–H and O–H groups in total. The van der Waals surface area contributed by atoms with Crippen molar-refractivity contribution in [2.45, 2.75) is 58.9 Å². The highest BCUT2D eigenvalue weighted by molar-refractivity contribution is 5.79. The van der Waals surface area contributed by atoms with Crippen LogP contribution in [0.3, 0.4) is 0 Å². The molecular formula is C16H24N2O4. The van der Waals surface area contributed by atoms with Gasteiger partial charge in [-0.25, -0.2) is 0 Å². The van der Waals surface area contributed by atoms with Crippen LogP contribution >= 0.6 is 0 Å². The van der Waals surface area contributed by atoms with Gasteiger partial charge < -0.3 is 14.9 Å². The summed E-state index contributed by atoms with van der Waals surface area (Å²) in [4.78, 5) is 23.4. The molecule has 6 heteroatoms. The van der Waals surface area contributed by atoms with Crippen LogP contribution in [-0.4, -0.2) is 22.1 Å². The van der Waals surface area contributed by atoms with Gasteiger partial charge in [0.25, 0.3) is 0 Å². The van der Waals surface area contributed by atoms with Crippen molar-refractivity contribution in [2.75, 3.05) is 0 Å². The van der Waals surface area contributed by atoms with Crippen LogP contribution in [0.4, 0.5) is 0 Å². The molecule has 1 aromatic heterocycles. The van der Waals surface area contributed by atoms with Crippen LogP contribution in [0.1, 0.15) is 62.1 Å². The van der Waals surface area contributed by atoms with Crippen molar-refractivity contribution in [3.05, 3.63) is 17.0 Å². The minimum absolute atomic E-state index is 0.00990. The Hall–Kier alpha value is -1.85. The Morgan fingerprint density at radius 1 is 1.27 bits per heavy atom. The Morgan fingerprint density at radius 3 is 2.32 bits per heavy atom. The predicted molar refractivity (Wildman–Crippen MR) is 80.2 cm³/mol. The molecule has 0 aliphatic heterocycles. The number of hydrogen-bond acceptors (Lipinski definition) is 4. The lowest BCUT2D eigenvalue weighted by Crippen LogP contribution is -2.36. The van der Waals surface area contributed by atoms with Gasteiger partial charge in [-0.1, -0.05) is 12.1 Å². The Morgan fingerprint density at radius 2 is 1.86 bits per heavy atom. The summed E-state index contributed by atoms with van der Waals surface area (Å²) in [7, 11) is 0. The third-order valence-electron chi connectivity index (χ3n) is 4.61. The van der Waals surface area contributed by atoms with Gasteiger partial charge in [-0.05, 0) is 46.0 Å². The summed E-state index contributed by atoms with van der Waals surface area (Å²) in [5, 5.41) is 16.0. The minimum atomic E-state index is -0.749. The van der Waals surface area contributed by atoms with Crippen LogP contribution in [0.25, 0.3) is 0 Å². The molecule has 0 saturated heterocycles. The number of aryl methyl sites for hydroxylation is 2. The number of rotatable bonds is 5. The number of aromatic nitrogens is 1. The van der Waals surface area contributed by atoms with Crippen molar-refractivity contribution in [1.29, 1.82) is 0 Å². The molecule has 22 heavy (non-hydrogen) atoms. The van der Waals surface area contributed by atoms with Crippen molar-refractivity contribution in [3.63, 3.8) is 0 Å². The van der Waals surface area contributed by atoms with E-state index in [1.165, 1.54) is 0 Å². The van der Waals surface area contributed by atoms with Gasteiger partial charge in [-0.2, -0.15) is 0 Å². The largest absolute Gasteiger partial charge is 0.481 e. The zero-order valence-corrected chi connectivity index (χ0v) is 13.4. The van der Waals surface area contributed by atoms with E-state index in [1.807, 2.05) is 20.8 Å². The first kappa shape index (κ1) is 16.5. The molecule has 1 fully saturated rings. The fourth-order valence-electron chi connectivity index (χ4n) is 3.26. The number of carbonyl (C=O) groups is 2. The average molecular weight is 308 g/mol. The molecule has 1 aromatic rings. The number of nitrogens with one attached hydrogen (secondary N) is 1. The fraction of sp³-hybridized carbons (Fsp3) is 0.688. The van der Waals surface area contributed by atoms with E-state index in [2.05, 4.69) is 10.5 Å². The van der Waals surface area contributed by atoms with Gasteiger partial charge in [0.2, 0.25) is 5.91 Å². The third-order valence-corrected chi connectivity index (χ3v) is 4.61. The molecule has 0 bridgehead atoms. The van der Waals surface area contributed by atoms with Gasteiger partial charge in [0.15, 0.2) is 0 Å². The molecule has 1 amide bonds. The van der Waals surface area contributed by atoms with Crippen LogP contribution in [0.5, 0.6) is 0 Å². The van der Waals surface area contributed by atoms with E-state index < -0.39 is 5.97 Å². The second-order valence-corrected chi connectivity index (χ2v) is 6.09. The minimum Gasteiger partial charge on any atom is -0.481 e. The summed E-state index contributed by atoms with van der Waals surface area (Å²) >= 11 is 0. The van der Waals surface area contributed by atoms with E-state index in [4.69, 9.17) is 9.63 Å². The van der Waals surface area contributed by atoms with Gasteiger partial charge in [-0.3, -0.25) is 9.59 Å². The molecule has 2 rings (SSSR count). The van der Waals surface area contributed by atoms with Gasteiger partial charge in [-0.15, -0.1) is 0 Å². The summed E-state index contributed by atoms with van der Waals surface area (Å²) < 4.78 is 5.18. The molecule has 1 aliphatic rings. The SMILES string of the molecule is CCC(NC(=O)C1CCC(C(=O)O)CC1)c1c(C)noc1C. The van der Waals surface area contributed by atoms with Gasteiger partial charge in [0.1, 0.15) is 5.76 Å². The van der Waals surface area contributed by atoms with E-state index in [-0.39, 0.29) is 23.8 Å². The first-order chi connectivity index (χ1) is 10.4. The lowest BCUT2D eigenvalue weighted by atomic mass is 9.81. The number of nitrogens with zero attached hydrogens (tertiary/aromatic N) is 1. The molecule has 1 unspecified atom stereocenters. The highest BCUT2D eigenvalue weighted by atomic mass is 16.5. The molecule has 1 aliphatic carbocycles. The number of aliphatic carboxylic acids is 1. The number of carboxylic acid groups (broad SMARTS) is 1. The summed E-state index contributed by atoms with van der Waals surface area (Å²) in [6, 6.07) is -0.101. The number of hydrogen-bond donors (Lipinski definition) is 2. The van der Waals surface area contributed by atoms with Gasteiger partial charge in [0.05, 0.1) is 17.7 Å². The maximum Gasteiger partial charge on any atom is 0.306 e. The van der Waals surface area contributed by atoms with Crippen molar-refractivity contribution >= 4 is 11.9 Å². The van der Waals surface area contributed by atoms with Gasteiger partial charge in [0, 0.05) is 11.5 Å². The fourth-order valence-corrected chi connectivity index (χ4v) is 3.26. The molecule has 1 heterocycles. The zero-order chi connectivity index (χ0) is 16.3. The molecule has 1 atom stereocenters. The zero-order valence-electron chi connectivity index (χ0n) is 13.4. The van der Waals surface area contributed by atoms with Crippen molar-refractivity contribution < 1.29 is 19.2 Å². The van der Waals surface area contributed by atoms with E-state index >= 15 is 0 Å². The van der Waals surface area contributed by atoms with Gasteiger partial charge >= 0.3 is 5.97 Å². The molecule has 122 valence electrons. The van der Waals surface area contributed by atoms with E-state index in [1.54, 1.807) is 0 Å². The van der Waals surface area contributed by atoms with Crippen molar-refractivity contribution in [3.8, 4) is 0 Å². The van der Waals surface area contributed by atoms with Crippen LogP contribution in [0, 0.1) is 25.7 Å². The Labute approximate surface area is 130 Å². The average Bonchev–Trinajstić information content (AvgIpc) is 2.84. The topological polar surface area (TPSA) is 92.4 Å². The van der Waals surface area contributed by atoms with E-state index in [0.717, 1.165) is 23.4 Å². The number of amides is 1. The lowest BCUT2D eigenvalue weighted by molar-refractivity contribution is -0.144. The monoisotopic (exact) mass is 308 g/mol. The Bertz CT molecular complexity index is 525. The summed E-state index contributed by atoms with van der Waals surface area (Å²) in [6.07, 6.45) is 3.20. The van der Waals surface area contributed by atoms with Crippen LogP contribution in [0.15, 0.2) is 4.52 Å². The number of carbonyl (C=O) groups excluding carboxylic acids is 1. The maximum atomic E-state index is 12.5. The quantitative estimate of drug-likeness (QED) is 0.872. The summed E-state index contributed by atoms with van der Waals surface area (Å²) in [5.74, 6) is -0.394. The van der Waals surface area contributed by atoms with E-state index in [9.17, 15) is 9.59 Å². The van der Waals surface area contributed by atoms with Crippen LogP contribution < -0.4 is 5.32 Å². The standard InChI is InChI=1S/C16H24N2O4/c1-4-13(14-9(2)18-22-10(14)3)17-15(19)11-5-7-12(8-6-11)16(20)21/h11-13H,4-8H2,1-3H3,(H,17,19)(H,20,21). The molecule has 6 nitrogen and oxygen atoms in total. The molecule has 0 spiro atoms. The van der Waals surface area contributed by atoms with Crippen molar-refractivity contribution in [1.82, 2.24) is 10.5 Å². The first-order valence-corrected chi connectivity index (χ1v) is 7.90. The maximum absolute atomic E-state index is 12.5. The Kier molecular flexibility index (Phi) is 5.21. The molecule has 1 saturated carbocycles. The van der Waals surface area contributed by atoms with E-state index in [0.29, 0.717) is 25.7 Å². The normalized spacial score (nSPS) is 23.0. The predicted octanol–water partition coefficient (Wildman–Crippen LogP) is 2.75. The smallest absolute Gasteiger partial charge is 0.306 e. The van der Waals surface area contributed by atoms with Crippen molar-refractivity contribution in [2.24, 2.45) is 11.8 Å². The van der Waals surface area contributed by atoms with Crippen LogP contribution in [-0.2, 0) is 9.59 Å². The highest BCUT2D eigenvalue weighted by Crippen LogP contribution is 2.30. The third kappa shape index (κ3) is 3.48. The number of carboxylic acids is 1. The molecular weight excluding hydrogens is 284 g/mol. The highest BCUT2D eigenvalue weighted by Gasteiger charge is 2.31. The summed E-state index contributed by atoms with van der Waals surface area (Å²) in [6.45, 7) is 5.74. The second-order valence-electron chi connectivity index (χ2n) is 6.09. The first-order valence-electron chi connectivity index (χ1n) is 7.90. The molecule has 0 radical (unpaired) electrons. The van der Waals surface area contributed by atoms with Crippen LogP contribution in [0.2, 0.25) is 0 Å². The lowest BCUT2D eigenvalue weighted by Gasteiger charge is -2.27. The second kappa shape index (κ2) is 6.94. The molecule has 0 aromatic carbocycles. The summed E-state index contributed by atoms with van der Waals surface area (Å²) in [5.41, 5.74) is 1.76.